The van der Waals surface area contributed by atoms with E-state index < -0.39 is 29.3 Å². The molecule has 0 aliphatic carbocycles. The Balaban J connectivity index is 2.55. The molecular formula is C13H8F4N4O. The Hall–Kier alpha value is -2.89. The van der Waals surface area contributed by atoms with Gasteiger partial charge in [0.25, 0.3) is 5.91 Å². The normalized spacial score (nSPS) is 11.0. The van der Waals surface area contributed by atoms with Crippen molar-refractivity contribution in [2.75, 3.05) is 6.54 Å². The Morgan fingerprint density at radius 2 is 2.14 bits per heavy atom. The molecule has 1 aromatic heterocycles. The van der Waals surface area contributed by atoms with E-state index in [1.54, 1.807) is 0 Å². The van der Waals surface area contributed by atoms with E-state index in [2.05, 4.69) is 21.5 Å². The first-order valence-electron chi connectivity index (χ1n) is 5.85. The summed E-state index contributed by atoms with van der Waals surface area (Å²) in [6, 6.07) is 4.32. The number of aromatic nitrogens is 3. The van der Waals surface area contributed by atoms with E-state index in [1.807, 2.05) is 0 Å². The fourth-order valence-corrected chi connectivity index (χ4v) is 1.69. The van der Waals surface area contributed by atoms with E-state index in [0.29, 0.717) is 4.68 Å². The molecule has 0 bridgehead atoms. The third kappa shape index (κ3) is 3.06. The average molecular weight is 312 g/mol. The maximum absolute atomic E-state index is 13.2. The van der Waals surface area contributed by atoms with Crippen LogP contribution < -0.4 is 5.32 Å². The van der Waals surface area contributed by atoms with E-state index >= 15 is 0 Å². The standard InChI is InChI=1S/C13H8F4N4O/c1-2-6-18-12(22)10-11(13(15,16)17)21(20-19-10)9-5-3-4-8(14)7-9/h1,3-5,7H,6H2,(H,18,22). The van der Waals surface area contributed by atoms with Crippen LogP contribution in [0, 0.1) is 18.2 Å². The molecule has 0 fully saturated rings. The summed E-state index contributed by atoms with van der Waals surface area (Å²) < 4.78 is 53.1. The molecule has 1 aromatic carbocycles. The van der Waals surface area contributed by atoms with Crippen molar-refractivity contribution in [1.29, 1.82) is 0 Å². The number of hydrogen-bond acceptors (Lipinski definition) is 3. The number of rotatable bonds is 3. The van der Waals surface area contributed by atoms with E-state index in [9.17, 15) is 22.4 Å². The van der Waals surface area contributed by atoms with Crippen LogP contribution in [0.4, 0.5) is 17.6 Å². The minimum absolute atomic E-state index is 0.212. The van der Waals surface area contributed by atoms with Crippen LogP contribution in [0.15, 0.2) is 24.3 Å². The first-order valence-corrected chi connectivity index (χ1v) is 5.85. The van der Waals surface area contributed by atoms with Crippen molar-refractivity contribution in [1.82, 2.24) is 20.3 Å². The van der Waals surface area contributed by atoms with Gasteiger partial charge in [0.2, 0.25) is 0 Å². The van der Waals surface area contributed by atoms with Crippen LogP contribution in [0.5, 0.6) is 0 Å². The summed E-state index contributed by atoms with van der Waals surface area (Å²) in [6.07, 6.45) is 0.00377. The van der Waals surface area contributed by atoms with Crippen molar-refractivity contribution < 1.29 is 22.4 Å². The number of halogens is 4. The summed E-state index contributed by atoms with van der Waals surface area (Å²) in [5.74, 6) is 0.187. The lowest BCUT2D eigenvalue weighted by Crippen LogP contribution is -2.27. The molecule has 0 saturated carbocycles. The van der Waals surface area contributed by atoms with E-state index in [4.69, 9.17) is 6.42 Å². The SMILES string of the molecule is C#CCNC(=O)c1nnn(-c2cccc(F)c2)c1C(F)(F)F. The zero-order valence-corrected chi connectivity index (χ0v) is 10.9. The van der Waals surface area contributed by atoms with Gasteiger partial charge >= 0.3 is 6.18 Å². The Labute approximate surface area is 121 Å². The van der Waals surface area contributed by atoms with Gasteiger partial charge in [-0.05, 0) is 18.2 Å². The van der Waals surface area contributed by atoms with Crippen molar-refractivity contribution in [2.45, 2.75) is 6.18 Å². The van der Waals surface area contributed by atoms with Crippen LogP contribution >= 0.6 is 0 Å². The molecule has 0 unspecified atom stereocenters. The molecule has 2 rings (SSSR count). The molecule has 0 spiro atoms. The molecule has 1 N–H and O–H groups in total. The van der Waals surface area contributed by atoms with Crippen LogP contribution in [0.3, 0.4) is 0 Å². The highest BCUT2D eigenvalue weighted by Gasteiger charge is 2.41. The van der Waals surface area contributed by atoms with Gasteiger partial charge in [0.05, 0.1) is 12.2 Å². The molecule has 114 valence electrons. The Morgan fingerprint density at radius 3 is 2.73 bits per heavy atom. The Morgan fingerprint density at radius 1 is 1.41 bits per heavy atom. The molecule has 0 radical (unpaired) electrons. The van der Waals surface area contributed by atoms with Gasteiger partial charge in [-0.25, -0.2) is 9.07 Å². The first-order chi connectivity index (χ1) is 10.3. The van der Waals surface area contributed by atoms with Crippen LogP contribution in [0.2, 0.25) is 0 Å². The third-order valence-corrected chi connectivity index (χ3v) is 2.56. The maximum Gasteiger partial charge on any atom is 0.435 e. The number of hydrogen-bond donors (Lipinski definition) is 1. The molecule has 0 saturated heterocycles. The number of amides is 1. The van der Waals surface area contributed by atoms with Gasteiger partial charge in [0.1, 0.15) is 5.82 Å². The average Bonchev–Trinajstić information content (AvgIpc) is 2.89. The highest BCUT2D eigenvalue weighted by atomic mass is 19.4. The first kappa shape index (κ1) is 15.5. The van der Waals surface area contributed by atoms with Crippen molar-refractivity contribution in [3.63, 3.8) is 0 Å². The zero-order valence-electron chi connectivity index (χ0n) is 10.9. The predicted octanol–water partition coefficient (Wildman–Crippen LogP) is 1.79. The second kappa shape index (κ2) is 5.85. The van der Waals surface area contributed by atoms with Crippen molar-refractivity contribution in [3.05, 3.63) is 41.5 Å². The third-order valence-electron chi connectivity index (χ3n) is 2.56. The number of carbonyl (C=O) groups is 1. The van der Waals surface area contributed by atoms with Crippen LogP contribution in [0.1, 0.15) is 16.2 Å². The smallest absolute Gasteiger partial charge is 0.340 e. The summed E-state index contributed by atoms with van der Waals surface area (Å²) in [5.41, 5.74) is -2.56. The number of benzene rings is 1. The molecule has 1 heterocycles. The van der Waals surface area contributed by atoms with Gasteiger partial charge in [-0.15, -0.1) is 11.5 Å². The summed E-state index contributed by atoms with van der Waals surface area (Å²) >= 11 is 0. The topological polar surface area (TPSA) is 59.8 Å². The van der Waals surface area contributed by atoms with Crippen molar-refractivity contribution in [2.24, 2.45) is 0 Å². The van der Waals surface area contributed by atoms with E-state index in [-0.39, 0.29) is 12.2 Å². The summed E-state index contributed by atoms with van der Waals surface area (Å²) in [5, 5.41) is 8.59. The van der Waals surface area contributed by atoms with Gasteiger partial charge in [0, 0.05) is 0 Å². The maximum atomic E-state index is 13.2. The van der Waals surface area contributed by atoms with Gasteiger partial charge in [-0.3, -0.25) is 4.79 Å². The molecule has 5 nitrogen and oxygen atoms in total. The number of terminal acetylenes is 1. The number of carbonyl (C=O) groups excluding carboxylic acids is 1. The summed E-state index contributed by atoms with van der Waals surface area (Å²) in [4.78, 5) is 11.7. The number of alkyl halides is 3. The van der Waals surface area contributed by atoms with Crippen molar-refractivity contribution in [3.8, 4) is 18.0 Å². The quantitative estimate of drug-likeness (QED) is 0.694. The molecule has 2 aromatic rings. The molecule has 22 heavy (non-hydrogen) atoms. The van der Waals surface area contributed by atoms with Crippen LogP contribution in [-0.4, -0.2) is 27.4 Å². The minimum atomic E-state index is -4.92. The van der Waals surface area contributed by atoms with E-state index in [0.717, 1.165) is 12.1 Å². The summed E-state index contributed by atoms with van der Waals surface area (Å²) in [7, 11) is 0. The second-order valence-electron chi connectivity index (χ2n) is 4.06. The fraction of sp³-hybridized carbons (Fsp3) is 0.154. The van der Waals surface area contributed by atoms with E-state index in [1.165, 1.54) is 12.1 Å². The molecule has 0 aliphatic heterocycles. The highest BCUT2D eigenvalue weighted by Crippen LogP contribution is 2.32. The Bertz CT molecular complexity index is 745. The fourth-order valence-electron chi connectivity index (χ4n) is 1.69. The lowest BCUT2D eigenvalue weighted by Gasteiger charge is -2.10. The largest absolute Gasteiger partial charge is 0.435 e. The lowest BCUT2D eigenvalue weighted by molar-refractivity contribution is -0.143. The monoisotopic (exact) mass is 312 g/mol. The summed E-state index contributed by atoms with van der Waals surface area (Å²) in [6.45, 7) is -0.261. The highest BCUT2D eigenvalue weighted by molar-refractivity contribution is 5.93. The minimum Gasteiger partial charge on any atom is -0.340 e. The van der Waals surface area contributed by atoms with Gasteiger partial charge in [-0.1, -0.05) is 17.2 Å². The van der Waals surface area contributed by atoms with Crippen LogP contribution in [-0.2, 0) is 6.18 Å². The van der Waals surface area contributed by atoms with Gasteiger partial charge < -0.3 is 5.32 Å². The molecule has 9 heteroatoms. The number of nitrogens with one attached hydrogen (secondary N) is 1. The molecule has 0 atom stereocenters. The van der Waals surface area contributed by atoms with Crippen molar-refractivity contribution >= 4 is 5.91 Å². The zero-order chi connectivity index (χ0) is 16.3. The van der Waals surface area contributed by atoms with Gasteiger partial charge in [-0.2, -0.15) is 13.2 Å². The molecule has 1 amide bonds. The molecular weight excluding hydrogens is 304 g/mol. The number of nitrogens with zero attached hydrogens (tertiary/aromatic N) is 3. The second-order valence-corrected chi connectivity index (χ2v) is 4.06. The molecule has 0 aliphatic rings. The Kier molecular flexibility index (Phi) is 4.12. The predicted molar refractivity (Wildman–Crippen MR) is 67.5 cm³/mol. The van der Waals surface area contributed by atoms with Gasteiger partial charge in [0.15, 0.2) is 11.4 Å². The van der Waals surface area contributed by atoms with Crippen LogP contribution in [0.25, 0.3) is 5.69 Å². The lowest BCUT2D eigenvalue weighted by atomic mass is 10.2.